The van der Waals surface area contributed by atoms with Crippen molar-refractivity contribution in [2.75, 3.05) is 0 Å². The zero-order valence-electron chi connectivity index (χ0n) is 8.17. The predicted octanol–water partition coefficient (Wildman–Crippen LogP) is 2.64. The molecule has 0 aliphatic carbocycles. The van der Waals surface area contributed by atoms with Gasteiger partial charge in [0.05, 0.1) is 11.7 Å². The maximum Gasteiger partial charge on any atom is 0.0640 e. The molecule has 0 atom stereocenters. The predicted molar refractivity (Wildman–Crippen MR) is 60.3 cm³/mol. The summed E-state index contributed by atoms with van der Waals surface area (Å²) in [4.78, 5) is 10.8. The van der Waals surface area contributed by atoms with Gasteiger partial charge in [-0.1, -0.05) is 6.07 Å². The van der Waals surface area contributed by atoms with Crippen LogP contribution in [-0.2, 0) is 0 Å². The number of nitrogens with one attached hydrogen (secondary N) is 1. The van der Waals surface area contributed by atoms with Gasteiger partial charge in [-0.2, -0.15) is 0 Å². The Hall–Kier alpha value is -2.16. The van der Waals surface area contributed by atoms with Crippen LogP contribution in [0.4, 0.5) is 0 Å². The summed E-state index contributed by atoms with van der Waals surface area (Å²) in [6.07, 6.45) is 9.01. The third-order valence-electron chi connectivity index (χ3n) is 1.92. The van der Waals surface area contributed by atoms with E-state index in [-0.39, 0.29) is 0 Å². The van der Waals surface area contributed by atoms with E-state index in [4.69, 9.17) is 0 Å². The van der Waals surface area contributed by atoms with Gasteiger partial charge in [-0.05, 0) is 24.3 Å². The van der Waals surface area contributed by atoms with Crippen molar-refractivity contribution in [3.05, 3.63) is 61.3 Å². The van der Waals surface area contributed by atoms with Crippen molar-refractivity contribution in [3.8, 4) is 0 Å². The molecule has 3 aromatic heterocycles. The maximum atomic E-state index is 3.95. The van der Waals surface area contributed by atoms with Gasteiger partial charge in [0.15, 0.2) is 0 Å². The number of nitrogens with zero attached hydrogens (tertiary/aromatic N) is 2. The first kappa shape index (κ1) is 9.40. The van der Waals surface area contributed by atoms with E-state index in [1.807, 2.05) is 42.7 Å². The summed E-state index contributed by atoms with van der Waals surface area (Å²) in [6, 6.07) is 9.72. The van der Waals surface area contributed by atoms with Crippen LogP contribution in [0, 0.1) is 0 Å². The van der Waals surface area contributed by atoms with Crippen LogP contribution in [-0.4, -0.2) is 15.0 Å². The van der Waals surface area contributed by atoms with Gasteiger partial charge in [0, 0.05) is 30.2 Å². The molecular formula is C12H11N3. The summed E-state index contributed by atoms with van der Waals surface area (Å²) in [5.74, 6) is 0. The highest BCUT2D eigenvalue weighted by atomic mass is 14.7. The number of hydrogen-bond acceptors (Lipinski definition) is 2. The highest BCUT2D eigenvalue weighted by molar-refractivity contribution is 5.77. The first-order chi connectivity index (χ1) is 7.47. The molecule has 0 amide bonds. The second-order valence-electron chi connectivity index (χ2n) is 2.97. The molecule has 3 heterocycles. The fourth-order valence-electron chi connectivity index (χ4n) is 1.20. The number of aromatic amines is 1. The lowest BCUT2D eigenvalue weighted by molar-refractivity contribution is 1.33. The van der Waals surface area contributed by atoms with Gasteiger partial charge in [0.25, 0.3) is 0 Å². The van der Waals surface area contributed by atoms with E-state index in [0.29, 0.717) is 0 Å². The lowest BCUT2D eigenvalue weighted by atomic mass is 10.3. The first-order valence-electron chi connectivity index (χ1n) is 4.69. The summed E-state index contributed by atoms with van der Waals surface area (Å²) in [5.41, 5.74) is 1.09. The van der Waals surface area contributed by atoms with Crippen molar-refractivity contribution in [1.29, 1.82) is 0 Å². The molecule has 0 saturated carbocycles. The summed E-state index contributed by atoms with van der Waals surface area (Å²) >= 11 is 0. The van der Waals surface area contributed by atoms with Crippen molar-refractivity contribution in [2.45, 2.75) is 0 Å². The fraction of sp³-hybridized carbons (Fsp3) is 0. The zero-order chi connectivity index (χ0) is 10.3. The Balaban J connectivity index is 0.000000124. The Morgan fingerprint density at radius 2 is 1.73 bits per heavy atom. The minimum absolute atomic E-state index is 1.09. The Morgan fingerprint density at radius 1 is 0.867 bits per heavy atom. The molecule has 15 heavy (non-hydrogen) atoms. The monoisotopic (exact) mass is 197 g/mol. The lowest BCUT2D eigenvalue weighted by Gasteiger charge is -1.82. The number of pyridine rings is 2. The average molecular weight is 197 g/mol. The normalized spacial score (nSPS) is 9.33. The molecule has 0 aliphatic rings. The van der Waals surface area contributed by atoms with Crippen LogP contribution >= 0.6 is 0 Å². The number of hydrogen-bond donors (Lipinski definition) is 1. The largest absolute Gasteiger partial charge is 0.360 e. The van der Waals surface area contributed by atoms with Crippen molar-refractivity contribution >= 4 is 10.9 Å². The summed E-state index contributed by atoms with van der Waals surface area (Å²) in [7, 11) is 0. The number of fused-ring (bicyclic) bond motifs is 1. The van der Waals surface area contributed by atoms with Crippen LogP contribution in [0.15, 0.2) is 61.3 Å². The van der Waals surface area contributed by atoms with E-state index < -0.39 is 0 Å². The van der Waals surface area contributed by atoms with Gasteiger partial charge in [0.1, 0.15) is 0 Å². The van der Waals surface area contributed by atoms with E-state index in [1.165, 1.54) is 5.39 Å². The third-order valence-corrected chi connectivity index (χ3v) is 1.92. The van der Waals surface area contributed by atoms with E-state index in [9.17, 15) is 0 Å². The van der Waals surface area contributed by atoms with Crippen LogP contribution in [0.2, 0.25) is 0 Å². The van der Waals surface area contributed by atoms with Crippen molar-refractivity contribution in [2.24, 2.45) is 0 Å². The van der Waals surface area contributed by atoms with E-state index in [0.717, 1.165) is 5.52 Å². The highest BCUT2D eigenvalue weighted by Crippen LogP contribution is 2.07. The van der Waals surface area contributed by atoms with Gasteiger partial charge in [-0.3, -0.25) is 9.97 Å². The lowest BCUT2D eigenvalue weighted by Crippen LogP contribution is -1.68. The number of aromatic nitrogens is 3. The van der Waals surface area contributed by atoms with Gasteiger partial charge >= 0.3 is 0 Å². The summed E-state index contributed by atoms with van der Waals surface area (Å²) < 4.78 is 0. The molecular weight excluding hydrogens is 186 g/mol. The summed E-state index contributed by atoms with van der Waals surface area (Å²) in [5, 5.41) is 1.21. The number of H-pyrrole nitrogens is 1. The SMILES string of the molecule is c1cc2cc[nH]c2cn1.c1ccncc1. The Kier molecular flexibility index (Phi) is 3.07. The fourth-order valence-corrected chi connectivity index (χ4v) is 1.20. The quantitative estimate of drug-likeness (QED) is 0.602. The smallest absolute Gasteiger partial charge is 0.0640 e. The number of rotatable bonds is 0. The third kappa shape index (κ3) is 2.64. The molecule has 0 fully saturated rings. The molecule has 0 spiro atoms. The molecule has 1 N–H and O–H groups in total. The topological polar surface area (TPSA) is 41.6 Å². The summed E-state index contributed by atoms with van der Waals surface area (Å²) in [6.45, 7) is 0. The molecule has 3 nitrogen and oxygen atoms in total. The van der Waals surface area contributed by atoms with Crippen LogP contribution in [0.3, 0.4) is 0 Å². The second kappa shape index (κ2) is 4.91. The molecule has 0 bridgehead atoms. The standard InChI is InChI=1S/C7H6N2.C5H5N/c1-3-8-5-7-6(1)2-4-9-7;1-2-4-6-5-3-1/h1-5,9H;1-5H. The van der Waals surface area contributed by atoms with Crippen molar-refractivity contribution < 1.29 is 0 Å². The Morgan fingerprint density at radius 3 is 2.33 bits per heavy atom. The molecule has 0 unspecified atom stereocenters. The van der Waals surface area contributed by atoms with E-state index >= 15 is 0 Å². The Bertz CT molecular complexity index is 445. The Labute approximate surface area is 87.8 Å². The van der Waals surface area contributed by atoms with E-state index in [1.54, 1.807) is 18.6 Å². The average Bonchev–Trinajstić information content (AvgIpc) is 2.80. The van der Waals surface area contributed by atoms with Crippen LogP contribution in [0.25, 0.3) is 10.9 Å². The molecule has 0 aromatic carbocycles. The maximum absolute atomic E-state index is 3.95. The van der Waals surface area contributed by atoms with Crippen LogP contribution in [0.5, 0.6) is 0 Å². The molecule has 0 radical (unpaired) electrons. The molecule has 3 rings (SSSR count). The van der Waals surface area contributed by atoms with Gasteiger partial charge in [0.2, 0.25) is 0 Å². The van der Waals surface area contributed by atoms with E-state index in [2.05, 4.69) is 15.0 Å². The molecule has 74 valence electrons. The molecule has 3 aromatic rings. The van der Waals surface area contributed by atoms with Crippen molar-refractivity contribution in [1.82, 2.24) is 15.0 Å². The second-order valence-corrected chi connectivity index (χ2v) is 2.97. The molecule has 0 aliphatic heterocycles. The minimum Gasteiger partial charge on any atom is -0.360 e. The molecule has 0 saturated heterocycles. The minimum atomic E-state index is 1.09. The van der Waals surface area contributed by atoms with Crippen LogP contribution < -0.4 is 0 Å². The highest BCUT2D eigenvalue weighted by Gasteiger charge is 1.87. The molecule has 3 heteroatoms. The van der Waals surface area contributed by atoms with Gasteiger partial charge in [-0.15, -0.1) is 0 Å². The van der Waals surface area contributed by atoms with Gasteiger partial charge < -0.3 is 4.98 Å². The van der Waals surface area contributed by atoms with Crippen LogP contribution in [0.1, 0.15) is 0 Å². The zero-order valence-corrected chi connectivity index (χ0v) is 8.17. The first-order valence-corrected chi connectivity index (χ1v) is 4.69. The van der Waals surface area contributed by atoms with Gasteiger partial charge in [-0.25, -0.2) is 0 Å². The van der Waals surface area contributed by atoms with Crippen molar-refractivity contribution in [3.63, 3.8) is 0 Å².